The number of nitro benzene ring substituents is 1. The molecular formula is C18H26BrN3O5. The zero-order valence-electron chi connectivity index (χ0n) is 16.1. The van der Waals surface area contributed by atoms with Gasteiger partial charge in [0.05, 0.1) is 9.40 Å². The number of amides is 1. The minimum absolute atomic E-state index is 0.0149. The van der Waals surface area contributed by atoms with Crippen molar-refractivity contribution >= 4 is 27.7 Å². The first-order valence-corrected chi connectivity index (χ1v) is 9.65. The summed E-state index contributed by atoms with van der Waals surface area (Å²) in [6.45, 7) is 10.8. The van der Waals surface area contributed by atoms with Crippen molar-refractivity contribution in [1.82, 2.24) is 9.80 Å². The van der Waals surface area contributed by atoms with E-state index in [0.717, 1.165) is 6.54 Å². The number of hydrogen-bond donors (Lipinski definition) is 0. The van der Waals surface area contributed by atoms with Crippen LogP contribution >= 0.6 is 15.9 Å². The molecule has 0 aliphatic carbocycles. The van der Waals surface area contributed by atoms with E-state index in [4.69, 9.17) is 9.47 Å². The minimum Gasteiger partial charge on any atom is -0.491 e. The van der Waals surface area contributed by atoms with E-state index >= 15 is 0 Å². The van der Waals surface area contributed by atoms with Gasteiger partial charge in [-0.2, -0.15) is 0 Å². The summed E-state index contributed by atoms with van der Waals surface area (Å²) in [5.41, 5.74) is -0.482. The summed E-state index contributed by atoms with van der Waals surface area (Å²) in [7, 11) is 0. The van der Waals surface area contributed by atoms with Crippen LogP contribution in [-0.4, -0.2) is 65.2 Å². The van der Waals surface area contributed by atoms with Crippen LogP contribution in [0.15, 0.2) is 22.7 Å². The van der Waals surface area contributed by atoms with Crippen LogP contribution in [0.25, 0.3) is 0 Å². The molecule has 1 aliphatic rings. The molecule has 1 aromatic rings. The second kappa shape index (κ2) is 8.88. The summed E-state index contributed by atoms with van der Waals surface area (Å²) in [4.78, 5) is 26.5. The lowest BCUT2D eigenvalue weighted by atomic mass is 10.2. The normalized spacial score (nSPS) is 18.3. The highest BCUT2D eigenvalue weighted by Gasteiger charge is 2.29. The van der Waals surface area contributed by atoms with E-state index in [9.17, 15) is 14.9 Å². The van der Waals surface area contributed by atoms with Crippen LogP contribution in [0, 0.1) is 10.1 Å². The van der Waals surface area contributed by atoms with E-state index in [1.165, 1.54) is 12.1 Å². The van der Waals surface area contributed by atoms with Gasteiger partial charge in [-0.1, -0.05) is 0 Å². The molecule has 1 atom stereocenters. The van der Waals surface area contributed by atoms with Gasteiger partial charge in [0.1, 0.15) is 18.0 Å². The van der Waals surface area contributed by atoms with Crippen molar-refractivity contribution < 1.29 is 19.2 Å². The first kappa shape index (κ1) is 21.4. The standard InChI is InChI=1S/C18H26BrN3O5/c1-13-12-21(17(23)27-18(2,3)4)8-7-20(13)9-10-26-16-6-5-14(22(24)25)11-15(16)19/h5-6,11,13H,7-10,12H2,1-4H3/t13-/m1/s1. The Hall–Kier alpha value is -1.87. The maximum absolute atomic E-state index is 12.2. The molecule has 8 nitrogen and oxygen atoms in total. The molecule has 2 rings (SSSR count). The van der Waals surface area contributed by atoms with E-state index in [2.05, 4.69) is 27.8 Å². The van der Waals surface area contributed by atoms with Gasteiger partial charge in [-0.3, -0.25) is 15.0 Å². The number of nitro groups is 1. The van der Waals surface area contributed by atoms with Crippen molar-refractivity contribution in [2.24, 2.45) is 0 Å². The second-order valence-corrected chi connectivity index (χ2v) is 8.39. The molecule has 0 aromatic heterocycles. The fraction of sp³-hybridized carbons (Fsp3) is 0.611. The zero-order chi connectivity index (χ0) is 20.2. The van der Waals surface area contributed by atoms with Gasteiger partial charge in [-0.15, -0.1) is 0 Å². The Balaban J connectivity index is 1.81. The van der Waals surface area contributed by atoms with Gasteiger partial charge in [0, 0.05) is 44.4 Å². The smallest absolute Gasteiger partial charge is 0.410 e. The van der Waals surface area contributed by atoms with E-state index in [1.807, 2.05) is 20.8 Å². The molecule has 9 heteroatoms. The quantitative estimate of drug-likeness (QED) is 0.509. The Morgan fingerprint density at radius 3 is 2.63 bits per heavy atom. The Kier molecular flexibility index (Phi) is 7.05. The highest BCUT2D eigenvalue weighted by atomic mass is 79.9. The van der Waals surface area contributed by atoms with Crippen molar-refractivity contribution in [3.05, 3.63) is 32.8 Å². The van der Waals surface area contributed by atoms with Gasteiger partial charge in [0.15, 0.2) is 0 Å². The highest BCUT2D eigenvalue weighted by Crippen LogP contribution is 2.29. The number of non-ortho nitro benzene ring substituents is 1. The molecule has 1 fully saturated rings. The molecule has 1 aromatic carbocycles. The van der Waals surface area contributed by atoms with Crippen molar-refractivity contribution in [2.45, 2.75) is 39.3 Å². The maximum Gasteiger partial charge on any atom is 0.410 e. The average molecular weight is 444 g/mol. The summed E-state index contributed by atoms with van der Waals surface area (Å²) in [5.74, 6) is 0.570. The number of carbonyl (C=O) groups excluding carboxylic acids is 1. The Bertz CT molecular complexity index is 692. The Labute approximate surface area is 167 Å². The molecule has 0 saturated carbocycles. The molecular weight excluding hydrogens is 418 g/mol. The number of ether oxygens (including phenoxy) is 2. The number of hydrogen-bond acceptors (Lipinski definition) is 6. The number of halogens is 1. The maximum atomic E-state index is 12.2. The first-order chi connectivity index (χ1) is 12.6. The number of rotatable bonds is 5. The van der Waals surface area contributed by atoms with Gasteiger partial charge in [0.25, 0.3) is 5.69 Å². The molecule has 1 saturated heterocycles. The van der Waals surface area contributed by atoms with Crippen LogP contribution < -0.4 is 4.74 Å². The van der Waals surface area contributed by atoms with Crippen LogP contribution in [-0.2, 0) is 4.74 Å². The molecule has 0 spiro atoms. The largest absolute Gasteiger partial charge is 0.491 e. The minimum atomic E-state index is -0.497. The zero-order valence-corrected chi connectivity index (χ0v) is 17.7. The second-order valence-electron chi connectivity index (χ2n) is 7.53. The third-order valence-electron chi connectivity index (χ3n) is 4.18. The third-order valence-corrected chi connectivity index (χ3v) is 4.80. The molecule has 1 amide bonds. The first-order valence-electron chi connectivity index (χ1n) is 8.85. The number of piperazine rings is 1. The lowest BCUT2D eigenvalue weighted by Crippen LogP contribution is -2.55. The fourth-order valence-corrected chi connectivity index (χ4v) is 3.29. The summed E-state index contributed by atoms with van der Waals surface area (Å²) in [6, 6.07) is 4.63. The molecule has 150 valence electrons. The average Bonchev–Trinajstić information content (AvgIpc) is 2.55. The fourth-order valence-electron chi connectivity index (χ4n) is 2.81. The molecule has 0 radical (unpaired) electrons. The predicted molar refractivity (Wildman–Crippen MR) is 105 cm³/mol. The monoisotopic (exact) mass is 443 g/mol. The van der Waals surface area contributed by atoms with E-state index in [1.54, 1.807) is 11.0 Å². The van der Waals surface area contributed by atoms with Gasteiger partial charge in [0.2, 0.25) is 0 Å². The highest BCUT2D eigenvalue weighted by molar-refractivity contribution is 9.10. The summed E-state index contributed by atoms with van der Waals surface area (Å²) in [6.07, 6.45) is -0.278. The van der Waals surface area contributed by atoms with Gasteiger partial charge >= 0.3 is 6.09 Å². The summed E-state index contributed by atoms with van der Waals surface area (Å²) in [5, 5.41) is 10.8. The number of carbonyl (C=O) groups is 1. The lowest BCUT2D eigenvalue weighted by molar-refractivity contribution is -0.385. The SMILES string of the molecule is C[C@@H]1CN(C(=O)OC(C)(C)C)CCN1CCOc1ccc([N+](=O)[O-])cc1Br. The number of benzene rings is 1. The van der Waals surface area contributed by atoms with Crippen molar-refractivity contribution in [2.75, 3.05) is 32.8 Å². The van der Waals surface area contributed by atoms with Crippen molar-refractivity contribution in [1.29, 1.82) is 0 Å². The van der Waals surface area contributed by atoms with Crippen molar-refractivity contribution in [3.8, 4) is 5.75 Å². The van der Waals surface area contributed by atoms with Gasteiger partial charge < -0.3 is 14.4 Å². The number of nitrogens with zero attached hydrogens (tertiary/aromatic N) is 3. The molecule has 0 N–H and O–H groups in total. The van der Waals surface area contributed by atoms with E-state index in [0.29, 0.717) is 36.5 Å². The summed E-state index contributed by atoms with van der Waals surface area (Å²) < 4.78 is 11.7. The van der Waals surface area contributed by atoms with Crippen LogP contribution in [0.5, 0.6) is 5.75 Å². The molecule has 27 heavy (non-hydrogen) atoms. The molecule has 1 heterocycles. The van der Waals surface area contributed by atoms with Crippen LogP contribution in [0.2, 0.25) is 0 Å². The van der Waals surface area contributed by atoms with Crippen molar-refractivity contribution in [3.63, 3.8) is 0 Å². The van der Waals surface area contributed by atoms with Gasteiger partial charge in [-0.05, 0) is 49.7 Å². The van der Waals surface area contributed by atoms with Crippen LogP contribution in [0.4, 0.5) is 10.5 Å². The van der Waals surface area contributed by atoms with E-state index < -0.39 is 10.5 Å². The van der Waals surface area contributed by atoms with Crippen LogP contribution in [0.3, 0.4) is 0 Å². The molecule has 1 aliphatic heterocycles. The van der Waals surface area contributed by atoms with Crippen LogP contribution in [0.1, 0.15) is 27.7 Å². The van der Waals surface area contributed by atoms with E-state index in [-0.39, 0.29) is 17.8 Å². The lowest BCUT2D eigenvalue weighted by Gasteiger charge is -2.40. The Morgan fingerprint density at radius 2 is 2.07 bits per heavy atom. The molecule has 0 unspecified atom stereocenters. The van der Waals surface area contributed by atoms with Gasteiger partial charge in [-0.25, -0.2) is 4.79 Å². The third kappa shape index (κ3) is 6.35. The molecule has 0 bridgehead atoms. The topological polar surface area (TPSA) is 85.2 Å². The predicted octanol–water partition coefficient (Wildman–Crippen LogP) is 3.68. The Morgan fingerprint density at radius 1 is 1.37 bits per heavy atom. The summed E-state index contributed by atoms with van der Waals surface area (Å²) >= 11 is 3.30.